The first-order chi connectivity index (χ1) is 7.16. The highest BCUT2D eigenvalue weighted by molar-refractivity contribution is 7.11. The van der Waals surface area contributed by atoms with Crippen LogP contribution in [0.2, 0.25) is 0 Å². The minimum Gasteiger partial charge on any atom is -0.393 e. The van der Waals surface area contributed by atoms with Gasteiger partial charge in [0, 0.05) is 23.8 Å². The van der Waals surface area contributed by atoms with Gasteiger partial charge in [-0.05, 0) is 20.3 Å². The van der Waals surface area contributed by atoms with Crippen molar-refractivity contribution in [3.8, 4) is 0 Å². The van der Waals surface area contributed by atoms with E-state index in [0.29, 0.717) is 13.2 Å². The minimum absolute atomic E-state index is 0.219. The maximum absolute atomic E-state index is 9.80. The third-order valence-corrected chi connectivity index (χ3v) is 4.04. The summed E-state index contributed by atoms with van der Waals surface area (Å²) in [6.45, 7) is 5.47. The quantitative estimate of drug-likeness (QED) is 0.836. The van der Waals surface area contributed by atoms with Crippen LogP contribution in [0.4, 0.5) is 0 Å². The van der Waals surface area contributed by atoms with Crippen LogP contribution in [0.1, 0.15) is 22.0 Å². The molecule has 84 valence electrons. The van der Waals surface area contributed by atoms with Gasteiger partial charge in [-0.3, -0.25) is 0 Å². The Balaban J connectivity index is 2.01. The number of hydrogen-bond acceptors (Lipinski definition) is 4. The molecule has 1 aliphatic rings. The lowest BCUT2D eigenvalue weighted by Crippen LogP contribution is -2.33. The number of thiazole rings is 1. The summed E-state index contributed by atoms with van der Waals surface area (Å²) in [6.07, 6.45) is 1.39. The van der Waals surface area contributed by atoms with Gasteiger partial charge in [-0.2, -0.15) is 0 Å². The molecule has 0 bridgehead atoms. The molecule has 0 radical (unpaired) electrons. The van der Waals surface area contributed by atoms with Gasteiger partial charge in [-0.1, -0.05) is 0 Å². The highest BCUT2D eigenvalue weighted by atomic mass is 32.1. The van der Waals surface area contributed by atoms with E-state index in [9.17, 15) is 5.11 Å². The Kier molecular flexibility index (Phi) is 3.38. The summed E-state index contributed by atoms with van der Waals surface area (Å²) < 4.78 is 5.38. The molecule has 0 aliphatic carbocycles. The molecule has 1 fully saturated rings. The number of aliphatic hydroxyl groups is 1. The number of rotatable bonds is 2. The molecule has 1 aromatic heterocycles. The molecular formula is C11H17NO2S. The summed E-state index contributed by atoms with van der Waals surface area (Å²) in [5.74, 6) is 0.226. The van der Waals surface area contributed by atoms with Crippen molar-refractivity contribution in [3.63, 3.8) is 0 Å². The molecule has 15 heavy (non-hydrogen) atoms. The molecule has 0 saturated carbocycles. The first-order valence-corrected chi connectivity index (χ1v) is 6.17. The highest BCUT2D eigenvalue weighted by Gasteiger charge is 2.25. The van der Waals surface area contributed by atoms with Crippen molar-refractivity contribution < 1.29 is 9.84 Å². The van der Waals surface area contributed by atoms with Gasteiger partial charge in [-0.25, -0.2) is 4.98 Å². The van der Waals surface area contributed by atoms with Crippen molar-refractivity contribution in [2.45, 2.75) is 32.8 Å². The first kappa shape index (κ1) is 11.0. The van der Waals surface area contributed by atoms with Crippen molar-refractivity contribution >= 4 is 11.3 Å². The topological polar surface area (TPSA) is 42.4 Å². The van der Waals surface area contributed by atoms with Gasteiger partial charge in [0.15, 0.2) is 0 Å². The largest absolute Gasteiger partial charge is 0.393 e. The molecule has 1 saturated heterocycles. The Bertz CT molecular complexity index is 318. The van der Waals surface area contributed by atoms with Crippen LogP contribution in [-0.2, 0) is 11.2 Å². The Morgan fingerprint density at radius 2 is 2.33 bits per heavy atom. The van der Waals surface area contributed by atoms with Gasteiger partial charge in [0.05, 0.1) is 23.4 Å². The van der Waals surface area contributed by atoms with Gasteiger partial charge in [0.2, 0.25) is 0 Å². The standard InChI is InChI=1S/C11H17NO2S/c1-7-8(2)15-11(12-7)5-9-6-14-4-3-10(9)13/h9-10,13H,3-6H2,1-2H3. The third-order valence-electron chi connectivity index (χ3n) is 2.94. The summed E-state index contributed by atoms with van der Waals surface area (Å²) in [5, 5.41) is 10.9. The highest BCUT2D eigenvalue weighted by Crippen LogP contribution is 2.23. The van der Waals surface area contributed by atoms with Gasteiger partial charge in [-0.15, -0.1) is 11.3 Å². The summed E-state index contributed by atoms with van der Waals surface area (Å²) in [4.78, 5) is 5.76. The van der Waals surface area contributed by atoms with Gasteiger partial charge in [0.1, 0.15) is 0 Å². The molecule has 1 aromatic rings. The zero-order valence-electron chi connectivity index (χ0n) is 9.19. The van der Waals surface area contributed by atoms with E-state index in [1.807, 2.05) is 6.92 Å². The summed E-state index contributed by atoms with van der Waals surface area (Å²) in [7, 11) is 0. The number of aryl methyl sites for hydroxylation is 2. The van der Waals surface area contributed by atoms with E-state index in [0.717, 1.165) is 23.5 Å². The van der Waals surface area contributed by atoms with E-state index >= 15 is 0 Å². The van der Waals surface area contributed by atoms with Crippen LogP contribution < -0.4 is 0 Å². The zero-order chi connectivity index (χ0) is 10.8. The van der Waals surface area contributed by atoms with Crippen LogP contribution in [0, 0.1) is 19.8 Å². The molecule has 4 heteroatoms. The molecule has 0 spiro atoms. The Hall–Kier alpha value is -0.450. The van der Waals surface area contributed by atoms with Gasteiger partial charge >= 0.3 is 0 Å². The summed E-state index contributed by atoms with van der Waals surface area (Å²) in [6, 6.07) is 0. The molecular weight excluding hydrogens is 210 g/mol. The second-order valence-corrected chi connectivity index (χ2v) is 5.43. The van der Waals surface area contributed by atoms with Crippen LogP contribution in [0.25, 0.3) is 0 Å². The molecule has 0 aromatic carbocycles. The average molecular weight is 227 g/mol. The molecule has 2 atom stereocenters. The Morgan fingerprint density at radius 3 is 2.93 bits per heavy atom. The van der Waals surface area contributed by atoms with Crippen LogP contribution in [0.3, 0.4) is 0 Å². The number of aliphatic hydroxyl groups excluding tert-OH is 1. The lowest BCUT2D eigenvalue weighted by molar-refractivity contribution is -0.0350. The van der Waals surface area contributed by atoms with Crippen LogP contribution in [0.15, 0.2) is 0 Å². The fourth-order valence-corrected chi connectivity index (χ4v) is 2.86. The number of nitrogens with zero attached hydrogens (tertiary/aromatic N) is 1. The summed E-state index contributed by atoms with van der Waals surface area (Å²) in [5.41, 5.74) is 1.11. The van der Waals surface area contributed by atoms with Crippen molar-refractivity contribution in [1.82, 2.24) is 4.98 Å². The van der Waals surface area contributed by atoms with Crippen molar-refractivity contribution in [1.29, 1.82) is 0 Å². The van der Waals surface area contributed by atoms with Crippen molar-refractivity contribution in [3.05, 3.63) is 15.6 Å². The van der Waals surface area contributed by atoms with Crippen LogP contribution >= 0.6 is 11.3 Å². The van der Waals surface area contributed by atoms with E-state index in [2.05, 4.69) is 11.9 Å². The van der Waals surface area contributed by atoms with E-state index in [-0.39, 0.29) is 12.0 Å². The average Bonchev–Trinajstić information content (AvgIpc) is 2.50. The molecule has 2 rings (SSSR count). The second kappa shape index (κ2) is 4.60. The monoisotopic (exact) mass is 227 g/mol. The predicted molar refractivity (Wildman–Crippen MR) is 60.2 cm³/mol. The van der Waals surface area contributed by atoms with Gasteiger partial charge < -0.3 is 9.84 Å². The number of hydrogen-bond donors (Lipinski definition) is 1. The fourth-order valence-electron chi connectivity index (χ4n) is 1.83. The molecule has 1 N–H and O–H groups in total. The maximum Gasteiger partial charge on any atom is 0.0935 e. The maximum atomic E-state index is 9.80. The van der Waals surface area contributed by atoms with E-state index in [1.54, 1.807) is 11.3 Å². The predicted octanol–water partition coefficient (Wildman–Crippen LogP) is 1.70. The SMILES string of the molecule is Cc1nc(CC2COCCC2O)sc1C. The third kappa shape index (κ3) is 2.56. The Morgan fingerprint density at radius 1 is 1.53 bits per heavy atom. The first-order valence-electron chi connectivity index (χ1n) is 5.35. The minimum atomic E-state index is -0.219. The fraction of sp³-hybridized carbons (Fsp3) is 0.727. The lowest BCUT2D eigenvalue weighted by atomic mass is 9.96. The number of ether oxygens (including phenoxy) is 1. The molecule has 0 amide bonds. The molecule has 1 aliphatic heterocycles. The summed E-state index contributed by atoms with van der Waals surface area (Å²) >= 11 is 1.73. The van der Waals surface area contributed by atoms with E-state index in [1.165, 1.54) is 4.88 Å². The second-order valence-electron chi connectivity index (χ2n) is 4.14. The smallest absolute Gasteiger partial charge is 0.0935 e. The van der Waals surface area contributed by atoms with Gasteiger partial charge in [0.25, 0.3) is 0 Å². The lowest BCUT2D eigenvalue weighted by Gasteiger charge is -2.26. The molecule has 3 nitrogen and oxygen atoms in total. The van der Waals surface area contributed by atoms with Crippen molar-refractivity contribution in [2.24, 2.45) is 5.92 Å². The van der Waals surface area contributed by atoms with Crippen LogP contribution in [-0.4, -0.2) is 29.4 Å². The normalized spacial score (nSPS) is 26.9. The van der Waals surface area contributed by atoms with Crippen molar-refractivity contribution in [2.75, 3.05) is 13.2 Å². The molecule has 2 heterocycles. The van der Waals surface area contributed by atoms with E-state index in [4.69, 9.17) is 4.74 Å². The Labute approximate surface area is 94.1 Å². The zero-order valence-corrected chi connectivity index (χ0v) is 10.0. The number of aromatic nitrogens is 1. The molecule has 2 unspecified atom stereocenters. The van der Waals surface area contributed by atoms with E-state index < -0.39 is 0 Å². The van der Waals surface area contributed by atoms with Crippen LogP contribution in [0.5, 0.6) is 0 Å².